The molecule has 0 spiro atoms. The third-order valence-electron chi connectivity index (χ3n) is 1.69. The Labute approximate surface area is 59.1 Å². The van der Waals surface area contributed by atoms with Crippen LogP contribution in [-0.2, 0) is 0 Å². The second kappa shape index (κ2) is 2.24. The molecular weight excluding hydrogens is 132 g/mol. The average molecular weight is 142 g/mol. The summed E-state index contributed by atoms with van der Waals surface area (Å²) < 4.78 is 0. The van der Waals surface area contributed by atoms with E-state index in [2.05, 4.69) is 0 Å². The number of urea groups is 1. The lowest BCUT2D eigenvalue weighted by Gasteiger charge is -2.09. The number of rotatable bonds is 1. The summed E-state index contributed by atoms with van der Waals surface area (Å²) in [6.45, 7) is 0.520. The van der Waals surface area contributed by atoms with E-state index >= 15 is 0 Å². The maximum absolute atomic E-state index is 11.0. The Bertz CT molecular complexity index is 169. The minimum Gasteiger partial charge on any atom is -0.507 e. The second-order valence-corrected chi connectivity index (χ2v) is 2.42. The Morgan fingerprint density at radius 3 is 2.50 bits per heavy atom. The molecule has 0 radical (unpaired) electrons. The molecule has 1 fully saturated rings. The van der Waals surface area contributed by atoms with Crippen molar-refractivity contribution in [2.45, 2.75) is 6.17 Å². The van der Waals surface area contributed by atoms with Gasteiger partial charge in [-0.15, -0.1) is 0 Å². The highest BCUT2D eigenvalue weighted by atomic mass is 16.2. The second-order valence-electron chi connectivity index (χ2n) is 2.42. The average Bonchev–Trinajstić information content (AvgIpc) is 2.17. The van der Waals surface area contributed by atoms with Gasteiger partial charge in [0.1, 0.15) is 6.54 Å². The number of hydrogen-bond acceptors (Lipinski definition) is 1. The molecule has 0 aromatic heterocycles. The number of carbonyl (C=O) groups excluding carboxylic acids is 1. The third-order valence-corrected chi connectivity index (χ3v) is 1.69. The maximum Gasteiger partial charge on any atom is 0.324 e. The fraction of sp³-hybridized carbons (Fsp3) is 0.800. The summed E-state index contributed by atoms with van der Waals surface area (Å²) in [5.74, 6) is 0. The van der Waals surface area contributed by atoms with E-state index in [4.69, 9.17) is 5.53 Å². The summed E-state index contributed by atoms with van der Waals surface area (Å²) in [6.07, 6.45) is -0.266. The first-order chi connectivity index (χ1) is 4.66. The molecule has 2 amide bonds. The predicted molar refractivity (Wildman–Crippen MR) is 33.9 cm³/mol. The zero-order valence-corrected chi connectivity index (χ0v) is 6.03. The summed E-state index contributed by atoms with van der Waals surface area (Å²) >= 11 is 0. The van der Waals surface area contributed by atoms with Crippen LogP contribution in [0.1, 0.15) is 0 Å². The lowest BCUT2D eigenvalue weighted by molar-refractivity contribution is -0.542. The van der Waals surface area contributed by atoms with Crippen LogP contribution < -0.4 is 5.11 Å². The van der Waals surface area contributed by atoms with Gasteiger partial charge in [0.05, 0.1) is 0 Å². The topological polar surface area (TPSA) is 59.8 Å². The molecule has 0 aromatic carbocycles. The normalized spacial score (nSPS) is 25.8. The van der Waals surface area contributed by atoms with Gasteiger partial charge in [0, 0.05) is 14.1 Å². The third kappa shape index (κ3) is 0.832. The van der Waals surface area contributed by atoms with Crippen LogP contribution in [0.2, 0.25) is 0 Å². The molecule has 5 heteroatoms. The van der Waals surface area contributed by atoms with E-state index in [-0.39, 0.29) is 12.2 Å². The Hall–Kier alpha value is -1.13. The van der Waals surface area contributed by atoms with E-state index in [1.165, 1.54) is 9.80 Å². The SMILES string of the molecule is CN1CC([NH+]=[N-])N(C)C1=O. The van der Waals surface area contributed by atoms with E-state index in [9.17, 15) is 4.79 Å². The van der Waals surface area contributed by atoms with Gasteiger partial charge in [-0.05, 0) is 0 Å². The van der Waals surface area contributed by atoms with Gasteiger partial charge in [-0.2, -0.15) is 0 Å². The number of hydrogen-bond donors (Lipinski definition) is 1. The number of likely N-dealkylation sites (N-methyl/N-ethyl adjacent to an activating group) is 2. The smallest absolute Gasteiger partial charge is 0.324 e. The number of carbonyl (C=O) groups is 1. The minimum atomic E-state index is -0.266. The predicted octanol–water partition coefficient (Wildman–Crippen LogP) is -1.59. The molecule has 5 nitrogen and oxygen atoms in total. The van der Waals surface area contributed by atoms with Crippen LogP contribution in [-0.4, -0.2) is 42.6 Å². The molecule has 1 aliphatic heterocycles. The minimum absolute atomic E-state index is 0.0773. The monoisotopic (exact) mass is 142 g/mol. The Morgan fingerprint density at radius 2 is 2.30 bits per heavy atom. The van der Waals surface area contributed by atoms with Crippen molar-refractivity contribution in [3.8, 4) is 0 Å². The van der Waals surface area contributed by atoms with Crippen LogP contribution in [0.5, 0.6) is 0 Å². The van der Waals surface area contributed by atoms with Crippen LogP contribution in [0.4, 0.5) is 4.79 Å². The largest absolute Gasteiger partial charge is 0.507 e. The van der Waals surface area contributed by atoms with E-state index in [0.29, 0.717) is 6.54 Å². The van der Waals surface area contributed by atoms with Gasteiger partial charge in [-0.25, -0.2) is 4.79 Å². The van der Waals surface area contributed by atoms with Crippen LogP contribution in [0.15, 0.2) is 0 Å². The highest BCUT2D eigenvalue weighted by Crippen LogP contribution is 2.04. The molecule has 10 heavy (non-hydrogen) atoms. The van der Waals surface area contributed by atoms with Crippen LogP contribution in [0.3, 0.4) is 0 Å². The molecule has 1 rings (SSSR count). The van der Waals surface area contributed by atoms with Crippen molar-refractivity contribution >= 4 is 6.03 Å². The molecule has 1 heterocycles. The van der Waals surface area contributed by atoms with Crippen LogP contribution >= 0.6 is 0 Å². The maximum atomic E-state index is 11.0. The van der Waals surface area contributed by atoms with Gasteiger partial charge in [0.25, 0.3) is 0 Å². The van der Waals surface area contributed by atoms with Gasteiger partial charge in [0.15, 0.2) is 0 Å². The fourth-order valence-electron chi connectivity index (χ4n) is 0.990. The Balaban J connectivity index is 2.70. The summed E-state index contributed by atoms with van der Waals surface area (Å²) in [7, 11) is 3.33. The van der Waals surface area contributed by atoms with E-state index in [1.807, 2.05) is 5.11 Å². The lowest BCUT2D eigenvalue weighted by atomic mass is 10.5. The molecule has 1 saturated heterocycles. The quantitative estimate of drug-likeness (QED) is 0.441. The van der Waals surface area contributed by atoms with E-state index < -0.39 is 0 Å². The van der Waals surface area contributed by atoms with Crippen molar-refractivity contribution in [3.05, 3.63) is 5.53 Å². The number of nitrogens with one attached hydrogen (secondary N) is 1. The lowest BCUT2D eigenvalue weighted by Crippen LogP contribution is -2.76. The molecule has 0 aromatic rings. The fourth-order valence-corrected chi connectivity index (χ4v) is 0.990. The van der Waals surface area contributed by atoms with Crippen molar-refractivity contribution in [3.63, 3.8) is 0 Å². The van der Waals surface area contributed by atoms with Crippen molar-refractivity contribution in [2.75, 3.05) is 20.6 Å². The van der Waals surface area contributed by atoms with Gasteiger partial charge >= 0.3 is 6.03 Å². The molecular formula is C5H10N4O. The molecule has 0 aliphatic carbocycles. The van der Waals surface area contributed by atoms with Gasteiger partial charge in [0.2, 0.25) is 6.17 Å². The van der Waals surface area contributed by atoms with Crippen molar-refractivity contribution in [2.24, 2.45) is 0 Å². The first-order valence-electron chi connectivity index (χ1n) is 3.04. The Kier molecular flexibility index (Phi) is 1.57. The summed E-state index contributed by atoms with van der Waals surface area (Å²) in [4.78, 5) is 14.0. The first-order valence-corrected chi connectivity index (χ1v) is 3.04. The molecule has 56 valence electrons. The number of nitrogens with zero attached hydrogens (tertiary/aromatic N) is 3. The van der Waals surface area contributed by atoms with Gasteiger partial charge in [-0.1, -0.05) is 0 Å². The van der Waals surface area contributed by atoms with Crippen molar-refractivity contribution in [1.82, 2.24) is 9.80 Å². The number of amides is 2. The zero-order chi connectivity index (χ0) is 7.72. The van der Waals surface area contributed by atoms with E-state index in [1.54, 1.807) is 14.1 Å². The van der Waals surface area contributed by atoms with Gasteiger partial charge in [-0.3, -0.25) is 4.90 Å². The summed E-state index contributed by atoms with van der Waals surface area (Å²) in [6, 6.07) is -0.0773. The van der Waals surface area contributed by atoms with Gasteiger partial charge < -0.3 is 15.5 Å². The van der Waals surface area contributed by atoms with Crippen LogP contribution in [0.25, 0.3) is 5.53 Å². The van der Waals surface area contributed by atoms with Crippen molar-refractivity contribution in [1.29, 1.82) is 0 Å². The van der Waals surface area contributed by atoms with E-state index in [0.717, 1.165) is 0 Å². The molecule has 1 N–H and O–H groups in total. The van der Waals surface area contributed by atoms with Crippen molar-refractivity contribution < 1.29 is 9.91 Å². The molecule has 1 unspecified atom stereocenters. The highest BCUT2D eigenvalue weighted by molar-refractivity contribution is 5.76. The summed E-state index contributed by atoms with van der Waals surface area (Å²) in [5.41, 5.74) is 8.50. The summed E-state index contributed by atoms with van der Waals surface area (Å²) in [5, 5.41) is 2.04. The molecule has 0 saturated carbocycles. The first kappa shape index (κ1) is 6.98. The Morgan fingerprint density at radius 1 is 1.70 bits per heavy atom. The van der Waals surface area contributed by atoms with Crippen LogP contribution in [0, 0.1) is 0 Å². The zero-order valence-electron chi connectivity index (χ0n) is 6.03. The molecule has 1 aliphatic rings. The molecule has 1 atom stereocenters. The highest BCUT2D eigenvalue weighted by Gasteiger charge is 2.33. The standard InChI is InChI=1S/C5H10N4O/c1-8-3-4(7-6)9(2)5(8)10/h4,7H,3H2,1-2H3. The molecule has 0 bridgehead atoms.